The molecule has 0 saturated carbocycles. The first-order valence-corrected chi connectivity index (χ1v) is 6.64. The van der Waals surface area contributed by atoms with Crippen molar-refractivity contribution < 1.29 is 4.79 Å². The quantitative estimate of drug-likeness (QED) is 0.686. The summed E-state index contributed by atoms with van der Waals surface area (Å²) in [5, 5.41) is 2.39. The summed E-state index contributed by atoms with van der Waals surface area (Å²) in [5.74, 6) is -0.0981. The lowest BCUT2D eigenvalue weighted by Gasteiger charge is -2.04. The molecule has 4 nitrogen and oxygen atoms in total. The maximum Gasteiger partial charge on any atom is 0.262 e. The van der Waals surface area contributed by atoms with Crippen LogP contribution in [0.1, 0.15) is 10.4 Å². The minimum Gasteiger partial charge on any atom is -0.292 e. The average Bonchev–Trinajstić information content (AvgIpc) is 2.92. The third-order valence-electron chi connectivity index (χ3n) is 2.86. The number of carbonyl (C=O) groups is 1. The van der Waals surface area contributed by atoms with E-state index in [1.807, 2.05) is 11.4 Å². The Morgan fingerprint density at radius 3 is 2.79 bits per heavy atom. The van der Waals surface area contributed by atoms with Crippen molar-refractivity contribution in [3.8, 4) is 0 Å². The fraction of sp³-hybridized carbons (Fsp3) is 0.0714. The van der Waals surface area contributed by atoms with Gasteiger partial charge in [0.25, 0.3) is 5.56 Å². The highest BCUT2D eigenvalue weighted by Gasteiger charge is 2.10. The molecule has 3 aromatic rings. The second kappa shape index (κ2) is 4.78. The number of hydrogen-bond acceptors (Lipinski definition) is 4. The van der Waals surface area contributed by atoms with Crippen LogP contribution < -0.4 is 5.56 Å². The number of benzene rings is 1. The molecule has 0 atom stereocenters. The number of ketones is 1. The molecule has 0 aliphatic heterocycles. The van der Waals surface area contributed by atoms with Crippen LogP contribution in [0, 0.1) is 0 Å². The normalized spacial score (nSPS) is 10.7. The van der Waals surface area contributed by atoms with E-state index < -0.39 is 0 Å². The number of thiophene rings is 1. The lowest BCUT2D eigenvalue weighted by atomic mass is 10.1. The van der Waals surface area contributed by atoms with Gasteiger partial charge in [-0.1, -0.05) is 30.3 Å². The van der Waals surface area contributed by atoms with Gasteiger partial charge < -0.3 is 0 Å². The molecule has 19 heavy (non-hydrogen) atoms. The van der Waals surface area contributed by atoms with E-state index in [9.17, 15) is 9.59 Å². The van der Waals surface area contributed by atoms with Crippen molar-refractivity contribution in [3.63, 3.8) is 0 Å². The van der Waals surface area contributed by atoms with E-state index in [1.54, 1.807) is 30.3 Å². The highest BCUT2D eigenvalue weighted by Crippen LogP contribution is 2.13. The third-order valence-corrected chi connectivity index (χ3v) is 3.68. The summed E-state index contributed by atoms with van der Waals surface area (Å²) >= 11 is 1.42. The molecule has 0 fully saturated rings. The third kappa shape index (κ3) is 2.20. The van der Waals surface area contributed by atoms with Crippen molar-refractivity contribution >= 4 is 27.3 Å². The van der Waals surface area contributed by atoms with Crippen molar-refractivity contribution in [1.82, 2.24) is 9.55 Å². The van der Waals surface area contributed by atoms with Gasteiger partial charge in [-0.2, -0.15) is 0 Å². The van der Waals surface area contributed by atoms with E-state index in [2.05, 4.69) is 4.98 Å². The van der Waals surface area contributed by atoms with Gasteiger partial charge in [-0.25, -0.2) is 4.98 Å². The standard InChI is InChI=1S/C14H10N2O2S/c17-12(10-4-2-1-3-5-10)8-16-9-15-13-11(14(16)18)6-7-19-13/h1-7,9H,8H2. The number of hydrogen-bond donors (Lipinski definition) is 0. The van der Waals surface area contributed by atoms with Crippen LogP contribution in [0.25, 0.3) is 10.2 Å². The molecule has 3 rings (SSSR count). The summed E-state index contributed by atoms with van der Waals surface area (Å²) < 4.78 is 1.35. The summed E-state index contributed by atoms with van der Waals surface area (Å²) in [6.07, 6.45) is 1.43. The molecule has 1 aromatic carbocycles. The SMILES string of the molecule is O=C(Cn1cnc2sccc2c1=O)c1ccccc1. The number of Topliss-reactive ketones (excluding diaryl/α,β-unsaturated/α-hetero) is 1. The van der Waals surface area contributed by atoms with Gasteiger partial charge in [0.15, 0.2) is 5.78 Å². The lowest BCUT2D eigenvalue weighted by Crippen LogP contribution is -2.24. The van der Waals surface area contributed by atoms with E-state index in [0.29, 0.717) is 15.8 Å². The van der Waals surface area contributed by atoms with Crippen LogP contribution in [0.15, 0.2) is 52.9 Å². The van der Waals surface area contributed by atoms with Crippen molar-refractivity contribution in [2.24, 2.45) is 0 Å². The van der Waals surface area contributed by atoms with E-state index in [1.165, 1.54) is 22.2 Å². The Balaban J connectivity index is 1.96. The molecule has 0 saturated heterocycles. The maximum absolute atomic E-state index is 12.1. The topological polar surface area (TPSA) is 52.0 Å². The zero-order valence-electron chi connectivity index (χ0n) is 9.95. The van der Waals surface area contributed by atoms with Gasteiger partial charge >= 0.3 is 0 Å². The number of carbonyl (C=O) groups excluding carboxylic acids is 1. The van der Waals surface area contributed by atoms with Crippen LogP contribution in [0.3, 0.4) is 0 Å². The van der Waals surface area contributed by atoms with Gasteiger partial charge in [-0.3, -0.25) is 14.2 Å². The van der Waals surface area contributed by atoms with Gasteiger partial charge in [0.2, 0.25) is 0 Å². The molecule has 0 amide bonds. The summed E-state index contributed by atoms with van der Waals surface area (Å²) in [5.41, 5.74) is 0.426. The first-order valence-electron chi connectivity index (χ1n) is 5.76. The van der Waals surface area contributed by atoms with Gasteiger partial charge in [-0.15, -0.1) is 11.3 Å². The van der Waals surface area contributed by atoms with Crippen LogP contribution in [0.2, 0.25) is 0 Å². The molecule has 0 bridgehead atoms. The molecule has 94 valence electrons. The molecular formula is C14H10N2O2S. The van der Waals surface area contributed by atoms with Crippen LogP contribution in [-0.2, 0) is 6.54 Å². The largest absolute Gasteiger partial charge is 0.292 e. The molecule has 0 unspecified atom stereocenters. The van der Waals surface area contributed by atoms with E-state index in [0.717, 1.165) is 0 Å². The Morgan fingerprint density at radius 1 is 1.21 bits per heavy atom. The maximum atomic E-state index is 12.1. The zero-order valence-corrected chi connectivity index (χ0v) is 10.8. The van der Waals surface area contributed by atoms with Crippen LogP contribution in [0.5, 0.6) is 0 Å². The fourth-order valence-electron chi connectivity index (χ4n) is 1.88. The number of aromatic nitrogens is 2. The molecule has 0 aliphatic carbocycles. The summed E-state index contributed by atoms with van der Waals surface area (Å²) in [6.45, 7) is 0.0155. The Hall–Kier alpha value is -2.27. The van der Waals surface area contributed by atoms with Crippen LogP contribution >= 0.6 is 11.3 Å². The molecule has 0 N–H and O–H groups in total. The number of rotatable bonds is 3. The average molecular weight is 270 g/mol. The molecule has 0 radical (unpaired) electrons. The minimum atomic E-state index is -0.171. The molecule has 0 aliphatic rings. The minimum absolute atomic E-state index is 0.0155. The molecule has 5 heteroatoms. The van der Waals surface area contributed by atoms with Crippen molar-refractivity contribution in [1.29, 1.82) is 0 Å². The second-order valence-corrected chi connectivity index (χ2v) is 5.00. The van der Waals surface area contributed by atoms with Gasteiger partial charge in [0.1, 0.15) is 4.83 Å². The zero-order chi connectivity index (χ0) is 13.2. The molecule has 2 heterocycles. The predicted molar refractivity (Wildman–Crippen MR) is 74.7 cm³/mol. The Morgan fingerprint density at radius 2 is 2.00 bits per heavy atom. The Bertz CT molecular complexity index is 790. The smallest absolute Gasteiger partial charge is 0.262 e. The van der Waals surface area contributed by atoms with Gasteiger partial charge in [-0.05, 0) is 11.4 Å². The highest BCUT2D eigenvalue weighted by molar-refractivity contribution is 7.16. The van der Waals surface area contributed by atoms with E-state index >= 15 is 0 Å². The number of nitrogens with zero attached hydrogens (tertiary/aromatic N) is 2. The van der Waals surface area contributed by atoms with E-state index in [4.69, 9.17) is 0 Å². The second-order valence-electron chi connectivity index (χ2n) is 4.11. The van der Waals surface area contributed by atoms with Crippen molar-refractivity contribution in [3.05, 3.63) is 64.0 Å². The Labute approximate surface area is 113 Å². The molecule has 0 spiro atoms. The summed E-state index contributed by atoms with van der Waals surface area (Å²) in [7, 11) is 0. The van der Waals surface area contributed by atoms with Crippen LogP contribution in [-0.4, -0.2) is 15.3 Å². The monoisotopic (exact) mass is 270 g/mol. The highest BCUT2D eigenvalue weighted by atomic mass is 32.1. The fourth-order valence-corrected chi connectivity index (χ4v) is 2.60. The van der Waals surface area contributed by atoms with Crippen molar-refractivity contribution in [2.45, 2.75) is 6.54 Å². The van der Waals surface area contributed by atoms with Crippen molar-refractivity contribution in [2.75, 3.05) is 0 Å². The van der Waals surface area contributed by atoms with Gasteiger partial charge in [0, 0.05) is 5.56 Å². The molecule has 2 aromatic heterocycles. The Kier molecular flexibility index (Phi) is 2.97. The van der Waals surface area contributed by atoms with Crippen LogP contribution in [0.4, 0.5) is 0 Å². The number of fused-ring (bicyclic) bond motifs is 1. The predicted octanol–water partition coefficient (Wildman–Crippen LogP) is 2.34. The van der Waals surface area contributed by atoms with E-state index in [-0.39, 0.29) is 17.9 Å². The van der Waals surface area contributed by atoms with Gasteiger partial charge in [0.05, 0.1) is 18.3 Å². The summed E-state index contributed by atoms with van der Waals surface area (Å²) in [4.78, 5) is 29.1. The lowest BCUT2D eigenvalue weighted by molar-refractivity contribution is 0.0970. The molecular weight excluding hydrogens is 260 g/mol. The first-order chi connectivity index (χ1) is 9.25. The first kappa shape index (κ1) is 11.8. The summed E-state index contributed by atoms with van der Waals surface area (Å²) in [6, 6.07) is 10.7.